The summed E-state index contributed by atoms with van der Waals surface area (Å²) in [6, 6.07) is 14.7. The van der Waals surface area contributed by atoms with Crippen LogP contribution in [-0.4, -0.2) is 28.9 Å². The molecule has 1 aliphatic heterocycles. The molecule has 0 saturated carbocycles. The largest absolute Gasteiger partial charge is 0.324 e. The second-order valence-electron chi connectivity index (χ2n) is 7.16. The molecule has 140 valence electrons. The van der Waals surface area contributed by atoms with Crippen LogP contribution in [-0.2, 0) is 11.2 Å². The highest BCUT2D eigenvalue weighted by molar-refractivity contribution is 7.18. The number of hydrogen-bond acceptors (Lipinski definition) is 4. The fourth-order valence-corrected chi connectivity index (χ4v) is 5.03. The molecule has 27 heavy (non-hydrogen) atoms. The molecule has 1 aliphatic rings. The van der Waals surface area contributed by atoms with E-state index in [0.29, 0.717) is 6.54 Å². The third kappa shape index (κ3) is 3.75. The molecule has 4 rings (SSSR count). The van der Waals surface area contributed by atoms with Crippen molar-refractivity contribution in [3.05, 3.63) is 58.6 Å². The number of anilines is 1. The molecule has 1 amide bonds. The van der Waals surface area contributed by atoms with Gasteiger partial charge in [-0.3, -0.25) is 9.69 Å². The maximum Gasteiger partial charge on any atom is 0.238 e. The number of rotatable bonds is 5. The zero-order valence-electron chi connectivity index (χ0n) is 15.9. The summed E-state index contributed by atoms with van der Waals surface area (Å²) in [5, 5.41) is 4.29. The predicted octanol–water partition coefficient (Wildman–Crippen LogP) is 4.94. The Bertz CT molecular complexity index is 932. The Morgan fingerprint density at radius 3 is 2.93 bits per heavy atom. The Labute approximate surface area is 164 Å². The van der Waals surface area contributed by atoms with E-state index in [1.807, 2.05) is 12.1 Å². The second kappa shape index (κ2) is 7.79. The van der Waals surface area contributed by atoms with Gasteiger partial charge in [0.25, 0.3) is 0 Å². The number of nitrogens with one attached hydrogen (secondary N) is 1. The molecular weight excluding hydrogens is 354 g/mol. The highest BCUT2D eigenvalue weighted by Gasteiger charge is 2.30. The summed E-state index contributed by atoms with van der Waals surface area (Å²) < 4.78 is 1.22. The number of para-hydroxylation sites is 2. The van der Waals surface area contributed by atoms with E-state index in [-0.39, 0.29) is 11.9 Å². The number of likely N-dealkylation sites (tertiary alicyclic amines) is 1. The van der Waals surface area contributed by atoms with Crippen LogP contribution in [0.15, 0.2) is 42.5 Å². The van der Waals surface area contributed by atoms with E-state index in [1.165, 1.54) is 10.3 Å². The van der Waals surface area contributed by atoms with E-state index in [4.69, 9.17) is 4.98 Å². The second-order valence-corrected chi connectivity index (χ2v) is 8.22. The van der Waals surface area contributed by atoms with Crippen LogP contribution in [0.2, 0.25) is 0 Å². The lowest BCUT2D eigenvalue weighted by Crippen LogP contribution is -2.33. The van der Waals surface area contributed by atoms with Crippen LogP contribution < -0.4 is 5.32 Å². The fourth-order valence-electron chi connectivity index (χ4n) is 3.89. The molecule has 5 heteroatoms. The number of carbonyl (C=O) groups is 1. The molecule has 1 saturated heterocycles. The summed E-state index contributed by atoms with van der Waals surface area (Å²) in [4.78, 5) is 19.9. The number of thiazole rings is 1. The van der Waals surface area contributed by atoms with Crippen LogP contribution in [0.5, 0.6) is 0 Å². The molecule has 0 spiro atoms. The number of fused-ring (bicyclic) bond motifs is 1. The summed E-state index contributed by atoms with van der Waals surface area (Å²) in [5.41, 5.74) is 4.33. The minimum atomic E-state index is 0.0620. The first-order valence-electron chi connectivity index (χ1n) is 9.63. The van der Waals surface area contributed by atoms with E-state index in [0.717, 1.165) is 47.6 Å². The smallest absolute Gasteiger partial charge is 0.238 e. The molecule has 0 radical (unpaired) electrons. The summed E-state index contributed by atoms with van der Waals surface area (Å²) in [6.07, 6.45) is 3.09. The van der Waals surface area contributed by atoms with Crippen molar-refractivity contribution in [2.24, 2.45) is 0 Å². The van der Waals surface area contributed by atoms with Gasteiger partial charge in [0.2, 0.25) is 5.91 Å². The van der Waals surface area contributed by atoms with Crippen molar-refractivity contribution < 1.29 is 4.79 Å². The zero-order chi connectivity index (χ0) is 18.8. The van der Waals surface area contributed by atoms with E-state index in [2.05, 4.69) is 54.4 Å². The van der Waals surface area contributed by atoms with Crippen molar-refractivity contribution in [1.82, 2.24) is 9.88 Å². The highest BCUT2D eigenvalue weighted by Crippen LogP contribution is 2.36. The third-order valence-electron chi connectivity index (χ3n) is 5.31. The zero-order valence-corrected chi connectivity index (χ0v) is 16.7. The lowest BCUT2D eigenvalue weighted by atomic mass is 10.1. The molecule has 1 fully saturated rings. The van der Waals surface area contributed by atoms with Crippen molar-refractivity contribution in [3.8, 4) is 0 Å². The molecule has 1 N–H and O–H groups in total. The van der Waals surface area contributed by atoms with Crippen molar-refractivity contribution >= 4 is 33.1 Å². The summed E-state index contributed by atoms with van der Waals surface area (Å²) in [7, 11) is 0. The molecule has 1 atom stereocenters. The summed E-state index contributed by atoms with van der Waals surface area (Å²) >= 11 is 1.75. The van der Waals surface area contributed by atoms with E-state index >= 15 is 0 Å². The Balaban J connectivity index is 1.49. The fraction of sp³-hybridized carbons (Fsp3) is 0.364. The number of carbonyl (C=O) groups excluding carboxylic acids is 1. The van der Waals surface area contributed by atoms with Gasteiger partial charge >= 0.3 is 0 Å². The van der Waals surface area contributed by atoms with Crippen molar-refractivity contribution in [1.29, 1.82) is 0 Å². The SMILES string of the molecule is CCc1cccc(C)c1NC(=O)CN1CCC[C@@H]1c1nc2ccccc2s1. The van der Waals surface area contributed by atoms with Gasteiger partial charge in [-0.1, -0.05) is 37.3 Å². The number of benzene rings is 2. The van der Waals surface area contributed by atoms with E-state index in [1.54, 1.807) is 11.3 Å². The maximum atomic E-state index is 12.8. The van der Waals surface area contributed by atoms with Crippen LogP contribution in [0, 0.1) is 6.92 Å². The number of aryl methyl sites for hydroxylation is 2. The molecule has 0 aliphatic carbocycles. The van der Waals surface area contributed by atoms with Gasteiger partial charge in [0.1, 0.15) is 5.01 Å². The molecule has 3 aromatic rings. The predicted molar refractivity (Wildman–Crippen MR) is 112 cm³/mol. The number of amides is 1. The number of nitrogens with zero attached hydrogens (tertiary/aromatic N) is 2. The topological polar surface area (TPSA) is 45.2 Å². The third-order valence-corrected chi connectivity index (χ3v) is 6.45. The average Bonchev–Trinajstić information content (AvgIpc) is 3.29. The summed E-state index contributed by atoms with van der Waals surface area (Å²) in [6.45, 7) is 5.53. The van der Waals surface area contributed by atoms with Gasteiger partial charge in [-0.05, 0) is 56.0 Å². The molecule has 0 unspecified atom stereocenters. The lowest BCUT2D eigenvalue weighted by Gasteiger charge is -2.22. The quantitative estimate of drug-likeness (QED) is 0.683. The Morgan fingerprint density at radius 1 is 1.26 bits per heavy atom. The Kier molecular flexibility index (Phi) is 5.23. The van der Waals surface area contributed by atoms with Gasteiger partial charge in [-0.25, -0.2) is 4.98 Å². The van der Waals surface area contributed by atoms with Crippen LogP contribution in [0.25, 0.3) is 10.2 Å². The molecule has 0 bridgehead atoms. The van der Waals surface area contributed by atoms with E-state index in [9.17, 15) is 4.79 Å². The van der Waals surface area contributed by atoms with Gasteiger partial charge in [-0.15, -0.1) is 11.3 Å². The van der Waals surface area contributed by atoms with Gasteiger partial charge in [0.15, 0.2) is 0 Å². The lowest BCUT2D eigenvalue weighted by molar-refractivity contribution is -0.117. The first kappa shape index (κ1) is 18.1. The van der Waals surface area contributed by atoms with Gasteiger partial charge in [0, 0.05) is 5.69 Å². The number of aromatic nitrogens is 1. The van der Waals surface area contributed by atoms with Gasteiger partial charge in [0.05, 0.1) is 22.8 Å². The standard InChI is InChI=1S/C22H25N3OS/c1-3-16-9-6-8-15(2)21(16)24-20(26)14-25-13-7-11-18(25)22-23-17-10-4-5-12-19(17)27-22/h4-6,8-10,12,18H,3,7,11,13-14H2,1-2H3,(H,24,26)/t18-/m1/s1. The Morgan fingerprint density at radius 2 is 2.11 bits per heavy atom. The normalized spacial score (nSPS) is 17.5. The molecule has 4 nitrogen and oxygen atoms in total. The van der Waals surface area contributed by atoms with Crippen molar-refractivity contribution in [2.75, 3.05) is 18.4 Å². The summed E-state index contributed by atoms with van der Waals surface area (Å²) in [5.74, 6) is 0.0620. The Hall–Kier alpha value is -2.24. The van der Waals surface area contributed by atoms with Crippen LogP contribution in [0.4, 0.5) is 5.69 Å². The molecular formula is C22H25N3OS. The van der Waals surface area contributed by atoms with Crippen LogP contribution in [0.1, 0.15) is 41.9 Å². The number of hydrogen-bond donors (Lipinski definition) is 1. The van der Waals surface area contributed by atoms with E-state index < -0.39 is 0 Å². The minimum absolute atomic E-state index is 0.0620. The van der Waals surface area contributed by atoms with Crippen LogP contribution >= 0.6 is 11.3 Å². The molecule has 2 aromatic carbocycles. The minimum Gasteiger partial charge on any atom is -0.324 e. The first-order chi connectivity index (χ1) is 13.2. The average molecular weight is 380 g/mol. The monoisotopic (exact) mass is 379 g/mol. The molecule has 1 aromatic heterocycles. The first-order valence-corrected chi connectivity index (χ1v) is 10.4. The van der Waals surface area contributed by atoms with Gasteiger partial charge in [-0.2, -0.15) is 0 Å². The molecule has 2 heterocycles. The maximum absolute atomic E-state index is 12.8. The van der Waals surface area contributed by atoms with Crippen LogP contribution in [0.3, 0.4) is 0 Å². The highest BCUT2D eigenvalue weighted by atomic mass is 32.1. The van der Waals surface area contributed by atoms with Crippen molar-refractivity contribution in [2.45, 2.75) is 39.2 Å². The van der Waals surface area contributed by atoms with Crippen molar-refractivity contribution in [3.63, 3.8) is 0 Å². The van der Waals surface area contributed by atoms with Gasteiger partial charge < -0.3 is 5.32 Å².